The molecule has 1 fully saturated rings. The van der Waals surface area contributed by atoms with Crippen molar-refractivity contribution >= 4 is 16.8 Å². The highest BCUT2D eigenvalue weighted by atomic mass is 16.2. The molecule has 23 heavy (non-hydrogen) atoms. The van der Waals surface area contributed by atoms with E-state index in [1.54, 1.807) is 29.2 Å². The number of carbonyl (C=O) groups is 1. The number of para-hydroxylation sites is 1. The first-order chi connectivity index (χ1) is 11.1. The molecule has 3 N–H and O–H groups in total. The molecule has 0 radical (unpaired) electrons. The van der Waals surface area contributed by atoms with Crippen LogP contribution in [0.25, 0.3) is 10.9 Å². The number of fused-ring (bicyclic) bond motifs is 1. The molecule has 1 aromatic carbocycles. The second kappa shape index (κ2) is 4.94. The Labute approximate surface area is 129 Å². The number of rotatable bonds is 2. The molecule has 4 rings (SSSR count). The van der Waals surface area contributed by atoms with Gasteiger partial charge >= 0.3 is 0 Å². The van der Waals surface area contributed by atoms with Gasteiger partial charge in [-0.1, -0.05) is 12.1 Å². The molecule has 116 valence electrons. The van der Waals surface area contributed by atoms with Crippen LogP contribution in [0.3, 0.4) is 0 Å². The zero-order valence-corrected chi connectivity index (χ0v) is 12.0. The minimum Gasteiger partial charge on any atom is -0.335 e. The van der Waals surface area contributed by atoms with Crippen molar-refractivity contribution in [2.75, 3.05) is 13.1 Å². The van der Waals surface area contributed by atoms with Gasteiger partial charge in [-0.2, -0.15) is 0 Å². The lowest BCUT2D eigenvalue weighted by Gasteiger charge is -2.38. The van der Waals surface area contributed by atoms with Crippen LogP contribution in [0.15, 0.2) is 39.9 Å². The molecule has 2 aromatic heterocycles. The number of carbonyl (C=O) groups excluding carboxylic acids is 1. The van der Waals surface area contributed by atoms with Crippen LogP contribution in [-0.2, 0) is 0 Å². The first-order valence-electron chi connectivity index (χ1n) is 7.18. The summed E-state index contributed by atoms with van der Waals surface area (Å²) >= 11 is 0. The van der Waals surface area contributed by atoms with Crippen molar-refractivity contribution < 1.29 is 4.79 Å². The molecule has 0 bridgehead atoms. The minimum atomic E-state index is -0.328. The zero-order chi connectivity index (χ0) is 16.0. The maximum atomic E-state index is 12.4. The highest BCUT2D eigenvalue weighted by molar-refractivity contribution is 5.93. The van der Waals surface area contributed by atoms with Gasteiger partial charge in [0, 0.05) is 30.8 Å². The molecule has 0 aliphatic carbocycles. The van der Waals surface area contributed by atoms with Gasteiger partial charge in [-0.15, -0.1) is 0 Å². The summed E-state index contributed by atoms with van der Waals surface area (Å²) in [6, 6.07) is 8.37. The summed E-state index contributed by atoms with van der Waals surface area (Å²) in [5, 5.41) is 5.72. The topological polar surface area (TPSA) is 115 Å². The van der Waals surface area contributed by atoms with E-state index in [1.807, 2.05) is 0 Å². The fourth-order valence-corrected chi connectivity index (χ4v) is 2.75. The van der Waals surface area contributed by atoms with Crippen molar-refractivity contribution in [1.29, 1.82) is 0 Å². The van der Waals surface area contributed by atoms with Gasteiger partial charge in [0.1, 0.15) is 0 Å². The molecule has 8 nitrogen and oxygen atoms in total. The molecular formula is C15H13N5O3. The fourth-order valence-electron chi connectivity index (χ4n) is 2.75. The number of hydrogen-bond donors (Lipinski definition) is 3. The molecule has 0 spiro atoms. The lowest BCUT2D eigenvalue weighted by molar-refractivity contribution is 0.0586. The lowest BCUT2D eigenvalue weighted by Crippen LogP contribution is -2.49. The zero-order valence-electron chi connectivity index (χ0n) is 12.0. The second-order valence-corrected chi connectivity index (χ2v) is 5.55. The Morgan fingerprint density at radius 3 is 2.70 bits per heavy atom. The third-order valence-corrected chi connectivity index (χ3v) is 4.04. The maximum absolute atomic E-state index is 12.4. The Hall–Kier alpha value is -3.16. The molecule has 1 aliphatic heterocycles. The van der Waals surface area contributed by atoms with Crippen molar-refractivity contribution in [2.24, 2.45) is 0 Å². The van der Waals surface area contributed by atoms with Crippen LogP contribution in [0.4, 0.5) is 0 Å². The highest BCUT2D eigenvalue weighted by Crippen LogP contribution is 2.25. The second-order valence-electron chi connectivity index (χ2n) is 5.55. The average molecular weight is 311 g/mol. The predicted octanol–water partition coefficient (Wildman–Crippen LogP) is 0.179. The summed E-state index contributed by atoms with van der Waals surface area (Å²) in [6.45, 7) is 0.951. The predicted molar refractivity (Wildman–Crippen MR) is 82.4 cm³/mol. The molecule has 0 atom stereocenters. The first kappa shape index (κ1) is 13.5. The molecule has 0 saturated carbocycles. The van der Waals surface area contributed by atoms with Gasteiger partial charge in [0.25, 0.3) is 17.0 Å². The van der Waals surface area contributed by atoms with Crippen LogP contribution < -0.4 is 11.1 Å². The summed E-state index contributed by atoms with van der Waals surface area (Å²) in [7, 11) is 0. The normalized spacial score (nSPS) is 14.9. The summed E-state index contributed by atoms with van der Waals surface area (Å²) in [5.74, 6) is -0.193. The lowest BCUT2D eigenvalue weighted by atomic mass is 9.96. The van der Waals surface area contributed by atoms with Gasteiger partial charge in [-0.3, -0.25) is 19.5 Å². The molecule has 1 saturated heterocycles. The van der Waals surface area contributed by atoms with Gasteiger partial charge in [0.05, 0.1) is 10.9 Å². The van der Waals surface area contributed by atoms with Crippen molar-refractivity contribution in [3.63, 3.8) is 0 Å². The van der Waals surface area contributed by atoms with E-state index in [2.05, 4.69) is 20.2 Å². The largest absolute Gasteiger partial charge is 0.335 e. The van der Waals surface area contributed by atoms with E-state index in [4.69, 9.17) is 0 Å². The van der Waals surface area contributed by atoms with Crippen LogP contribution in [0.5, 0.6) is 0 Å². The first-order valence-corrected chi connectivity index (χ1v) is 7.18. The number of hydrogen-bond acceptors (Lipinski definition) is 4. The van der Waals surface area contributed by atoms with Crippen LogP contribution in [0.2, 0.25) is 0 Å². The van der Waals surface area contributed by atoms with Gasteiger partial charge < -0.3 is 15.0 Å². The van der Waals surface area contributed by atoms with Gasteiger partial charge in [-0.25, -0.2) is 4.98 Å². The minimum absolute atomic E-state index is 0.0368. The standard InChI is InChI=1S/C15H13N5O3/c21-12-5-11(18-19-12)8-6-20(7-8)15(23)13-16-10-4-2-1-3-9(10)14(22)17-13/h1-5,8H,6-7H2,(H,16,17,22)(H2,18,19,21). The summed E-state index contributed by atoms with van der Waals surface area (Å²) < 4.78 is 0. The summed E-state index contributed by atoms with van der Waals surface area (Å²) in [5.41, 5.74) is 0.752. The number of amides is 1. The number of nitrogens with zero attached hydrogens (tertiary/aromatic N) is 2. The van der Waals surface area contributed by atoms with E-state index in [-0.39, 0.29) is 28.8 Å². The summed E-state index contributed by atoms with van der Waals surface area (Å²) in [4.78, 5) is 43.9. The third-order valence-electron chi connectivity index (χ3n) is 4.04. The Morgan fingerprint density at radius 2 is 1.96 bits per heavy atom. The Balaban J connectivity index is 1.56. The van der Waals surface area contributed by atoms with Crippen LogP contribution in [-0.4, -0.2) is 44.1 Å². The van der Waals surface area contributed by atoms with Crippen LogP contribution in [0, 0.1) is 0 Å². The van der Waals surface area contributed by atoms with E-state index in [9.17, 15) is 14.4 Å². The van der Waals surface area contributed by atoms with E-state index in [0.717, 1.165) is 5.69 Å². The van der Waals surface area contributed by atoms with Crippen molar-refractivity contribution in [3.8, 4) is 0 Å². The monoisotopic (exact) mass is 311 g/mol. The number of aromatic nitrogens is 4. The van der Waals surface area contributed by atoms with E-state index < -0.39 is 0 Å². The Kier molecular flexibility index (Phi) is 2.90. The van der Waals surface area contributed by atoms with Gasteiger partial charge in [0.2, 0.25) is 0 Å². The van der Waals surface area contributed by atoms with Crippen LogP contribution >= 0.6 is 0 Å². The molecule has 3 aromatic rings. The number of aromatic amines is 3. The smallest absolute Gasteiger partial charge is 0.289 e. The van der Waals surface area contributed by atoms with E-state index >= 15 is 0 Å². The SMILES string of the molecule is O=C(c1nc2ccccc2c(=O)[nH]1)N1CC(c2cc(=O)[nH][nH]2)C1. The van der Waals surface area contributed by atoms with Crippen molar-refractivity contribution in [3.05, 3.63) is 62.6 Å². The van der Waals surface area contributed by atoms with E-state index in [1.165, 1.54) is 6.07 Å². The Morgan fingerprint density at radius 1 is 1.17 bits per heavy atom. The van der Waals surface area contributed by atoms with Crippen molar-refractivity contribution in [2.45, 2.75) is 5.92 Å². The van der Waals surface area contributed by atoms with Gasteiger partial charge in [0.15, 0.2) is 5.82 Å². The van der Waals surface area contributed by atoms with Crippen molar-refractivity contribution in [1.82, 2.24) is 25.1 Å². The van der Waals surface area contributed by atoms with Gasteiger partial charge in [-0.05, 0) is 12.1 Å². The molecule has 0 unspecified atom stereocenters. The average Bonchev–Trinajstić information content (AvgIpc) is 2.92. The quantitative estimate of drug-likeness (QED) is 0.626. The maximum Gasteiger partial charge on any atom is 0.289 e. The third kappa shape index (κ3) is 2.24. The molecule has 1 amide bonds. The highest BCUT2D eigenvalue weighted by Gasteiger charge is 2.34. The number of likely N-dealkylation sites (tertiary alicyclic amines) is 1. The van der Waals surface area contributed by atoms with Crippen LogP contribution in [0.1, 0.15) is 22.2 Å². The molecule has 3 heterocycles. The molecule has 1 aliphatic rings. The number of nitrogens with one attached hydrogen (secondary N) is 3. The molecule has 8 heteroatoms. The number of benzene rings is 1. The Bertz CT molecular complexity index is 1010. The van der Waals surface area contributed by atoms with E-state index in [0.29, 0.717) is 24.0 Å². The number of H-pyrrole nitrogens is 3. The molecular weight excluding hydrogens is 298 g/mol. The fraction of sp³-hybridized carbons (Fsp3) is 0.200. The summed E-state index contributed by atoms with van der Waals surface area (Å²) in [6.07, 6.45) is 0.